The smallest absolute Gasteiger partial charge is 0.313 e. The van der Waals surface area contributed by atoms with Crippen LogP contribution in [0.2, 0.25) is 0 Å². The molecule has 0 spiro atoms. The van der Waals surface area contributed by atoms with E-state index in [4.69, 9.17) is 5.73 Å². The van der Waals surface area contributed by atoms with Gasteiger partial charge >= 0.3 is 5.97 Å². The zero-order chi connectivity index (χ0) is 12.3. The van der Waals surface area contributed by atoms with Crippen LogP contribution < -0.4 is 5.73 Å². The maximum Gasteiger partial charge on any atom is 0.313 e. The largest absolute Gasteiger partial charge is 0.469 e. The molecule has 4 heteroatoms. The van der Waals surface area contributed by atoms with Crippen molar-refractivity contribution in [1.29, 1.82) is 0 Å². The van der Waals surface area contributed by atoms with Gasteiger partial charge in [-0.3, -0.25) is 4.79 Å². The van der Waals surface area contributed by atoms with E-state index in [1.165, 1.54) is 19.2 Å². The number of carbonyl (C=O) groups excluding carboxylic acids is 1. The molecule has 0 aromatic heterocycles. The normalized spacial score (nSPS) is 13.3. The fourth-order valence-electron chi connectivity index (χ4n) is 1.51. The SMILES string of the molecule is COC(=O)C(C)(C)[C@@H](N)c1cccc(F)c1. The Morgan fingerprint density at radius 3 is 2.62 bits per heavy atom. The van der Waals surface area contributed by atoms with Gasteiger partial charge in [0.05, 0.1) is 12.5 Å². The standard InChI is InChI=1S/C12H16FNO2/c1-12(2,11(15)16-3)10(14)8-5-4-6-9(13)7-8/h4-7,10H,14H2,1-3H3/t10-/m0/s1. The Bertz CT molecular complexity index is 390. The van der Waals surface area contributed by atoms with Crippen LogP contribution >= 0.6 is 0 Å². The van der Waals surface area contributed by atoms with Gasteiger partial charge in [-0.2, -0.15) is 0 Å². The summed E-state index contributed by atoms with van der Waals surface area (Å²) in [5.41, 5.74) is 5.64. The second-order valence-corrected chi connectivity index (χ2v) is 4.25. The second kappa shape index (κ2) is 4.61. The molecule has 0 aliphatic heterocycles. The van der Waals surface area contributed by atoms with Crippen LogP contribution in [0.4, 0.5) is 4.39 Å². The minimum absolute atomic E-state index is 0.367. The van der Waals surface area contributed by atoms with Crippen LogP contribution in [0.3, 0.4) is 0 Å². The number of carbonyl (C=O) groups is 1. The van der Waals surface area contributed by atoms with E-state index < -0.39 is 17.4 Å². The highest BCUT2D eigenvalue weighted by atomic mass is 19.1. The maximum absolute atomic E-state index is 13.0. The number of hydrogen-bond acceptors (Lipinski definition) is 3. The van der Waals surface area contributed by atoms with E-state index in [1.807, 2.05) is 0 Å². The number of hydrogen-bond donors (Lipinski definition) is 1. The lowest BCUT2D eigenvalue weighted by Crippen LogP contribution is -2.37. The molecule has 0 aliphatic carbocycles. The monoisotopic (exact) mass is 225 g/mol. The predicted molar refractivity (Wildman–Crippen MR) is 59.1 cm³/mol. The van der Waals surface area contributed by atoms with Crippen LogP contribution in [-0.4, -0.2) is 13.1 Å². The molecule has 0 aliphatic rings. The minimum Gasteiger partial charge on any atom is -0.469 e. The Labute approximate surface area is 94.4 Å². The Morgan fingerprint density at radius 1 is 1.50 bits per heavy atom. The zero-order valence-corrected chi connectivity index (χ0v) is 9.66. The molecule has 0 unspecified atom stereocenters. The molecule has 0 fully saturated rings. The highest BCUT2D eigenvalue weighted by Crippen LogP contribution is 2.32. The number of halogens is 1. The van der Waals surface area contributed by atoms with Crippen molar-refractivity contribution in [3.05, 3.63) is 35.6 Å². The molecule has 88 valence electrons. The highest BCUT2D eigenvalue weighted by molar-refractivity contribution is 5.77. The first kappa shape index (κ1) is 12.6. The Hall–Kier alpha value is -1.42. The molecule has 1 atom stereocenters. The number of rotatable bonds is 3. The summed E-state index contributed by atoms with van der Waals surface area (Å²) in [6.45, 7) is 3.35. The van der Waals surface area contributed by atoms with Gasteiger partial charge in [0, 0.05) is 6.04 Å². The van der Waals surface area contributed by atoms with Crippen molar-refractivity contribution in [2.45, 2.75) is 19.9 Å². The molecule has 0 amide bonds. The molecule has 3 nitrogen and oxygen atoms in total. The van der Waals surface area contributed by atoms with Gasteiger partial charge in [-0.25, -0.2) is 4.39 Å². The first-order chi connectivity index (χ1) is 7.39. The Kier molecular flexibility index (Phi) is 3.65. The molecular weight excluding hydrogens is 209 g/mol. The third kappa shape index (κ3) is 2.39. The number of methoxy groups -OCH3 is 1. The predicted octanol–water partition coefficient (Wildman–Crippen LogP) is 2.02. The van der Waals surface area contributed by atoms with E-state index in [0.717, 1.165) is 0 Å². The van der Waals surface area contributed by atoms with Gasteiger partial charge in [0.15, 0.2) is 0 Å². The van der Waals surface area contributed by atoms with Gasteiger partial charge < -0.3 is 10.5 Å². The lowest BCUT2D eigenvalue weighted by atomic mass is 9.81. The number of nitrogens with two attached hydrogens (primary N) is 1. The van der Waals surface area contributed by atoms with Crippen molar-refractivity contribution >= 4 is 5.97 Å². The molecule has 0 radical (unpaired) electrons. The van der Waals surface area contributed by atoms with Gasteiger partial charge in [-0.1, -0.05) is 12.1 Å². The summed E-state index contributed by atoms with van der Waals surface area (Å²) in [4.78, 5) is 11.5. The van der Waals surface area contributed by atoms with Gasteiger partial charge in [0.1, 0.15) is 5.82 Å². The molecule has 16 heavy (non-hydrogen) atoms. The zero-order valence-electron chi connectivity index (χ0n) is 9.66. The highest BCUT2D eigenvalue weighted by Gasteiger charge is 2.36. The third-order valence-corrected chi connectivity index (χ3v) is 2.70. The van der Waals surface area contributed by atoms with Gasteiger partial charge in [-0.05, 0) is 31.5 Å². The topological polar surface area (TPSA) is 52.3 Å². The molecule has 0 saturated heterocycles. The van der Waals surface area contributed by atoms with E-state index in [1.54, 1.807) is 26.0 Å². The van der Waals surface area contributed by atoms with Gasteiger partial charge in [-0.15, -0.1) is 0 Å². The van der Waals surface area contributed by atoms with Gasteiger partial charge in [0.25, 0.3) is 0 Å². The van der Waals surface area contributed by atoms with E-state index in [0.29, 0.717) is 5.56 Å². The van der Waals surface area contributed by atoms with Crippen molar-refractivity contribution in [2.75, 3.05) is 7.11 Å². The molecule has 0 bridgehead atoms. The quantitative estimate of drug-likeness (QED) is 0.801. The van der Waals surface area contributed by atoms with Crippen molar-refractivity contribution in [3.63, 3.8) is 0 Å². The minimum atomic E-state index is -0.886. The lowest BCUT2D eigenvalue weighted by Gasteiger charge is -2.28. The number of ether oxygens (including phenoxy) is 1. The van der Waals surface area contributed by atoms with Crippen molar-refractivity contribution in [2.24, 2.45) is 11.1 Å². The van der Waals surface area contributed by atoms with Crippen LogP contribution in [-0.2, 0) is 9.53 Å². The fourth-order valence-corrected chi connectivity index (χ4v) is 1.51. The molecule has 1 aromatic carbocycles. The summed E-state index contributed by atoms with van der Waals surface area (Å²) in [6, 6.07) is 5.32. The summed E-state index contributed by atoms with van der Waals surface area (Å²) in [5.74, 6) is -0.780. The molecule has 2 N–H and O–H groups in total. The number of esters is 1. The maximum atomic E-state index is 13.0. The summed E-state index contributed by atoms with van der Waals surface area (Å²) < 4.78 is 17.7. The van der Waals surface area contributed by atoms with E-state index >= 15 is 0 Å². The second-order valence-electron chi connectivity index (χ2n) is 4.25. The van der Waals surface area contributed by atoms with Crippen LogP contribution in [0.25, 0.3) is 0 Å². The van der Waals surface area contributed by atoms with E-state index in [-0.39, 0.29) is 5.82 Å². The lowest BCUT2D eigenvalue weighted by molar-refractivity contribution is -0.152. The summed E-state index contributed by atoms with van der Waals surface area (Å²) in [5, 5.41) is 0. The van der Waals surface area contributed by atoms with Crippen molar-refractivity contribution < 1.29 is 13.9 Å². The van der Waals surface area contributed by atoms with Crippen LogP contribution in [0.15, 0.2) is 24.3 Å². The Balaban J connectivity index is 3.01. The molecular formula is C12H16FNO2. The van der Waals surface area contributed by atoms with Crippen LogP contribution in [0.1, 0.15) is 25.5 Å². The number of benzene rings is 1. The van der Waals surface area contributed by atoms with Gasteiger partial charge in [0.2, 0.25) is 0 Å². The Morgan fingerprint density at radius 2 is 2.12 bits per heavy atom. The third-order valence-electron chi connectivity index (χ3n) is 2.70. The summed E-state index contributed by atoms with van der Waals surface area (Å²) in [7, 11) is 1.31. The molecule has 1 aromatic rings. The average molecular weight is 225 g/mol. The van der Waals surface area contributed by atoms with Crippen molar-refractivity contribution in [3.8, 4) is 0 Å². The molecule has 0 saturated carbocycles. The molecule has 0 heterocycles. The fraction of sp³-hybridized carbons (Fsp3) is 0.417. The average Bonchev–Trinajstić information content (AvgIpc) is 2.26. The first-order valence-electron chi connectivity index (χ1n) is 4.99. The first-order valence-corrected chi connectivity index (χ1v) is 4.99. The molecule has 1 rings (SSSR count). The van der Waals surface area contributed by atoms with E-state index in [2.05, 4.69) is 4.74 Å². The van der Waals surface area contributed by atoms with Crippen LogP contribution in [0.5, 0.6) is 0 Å². The van der Waals surface area contributed by atoms with E-state index in [9.17, 15) is 9.18 Å². The van der Waals surface area contributed by atoms with Crippen LogP contribution in [0, 0.1) is 11.2 Å². The summed E-state index contributed by atoms with van der Waals surface area (Å²) >= 11 is 0. The van der Waals surface area contributed by atoms with Crippen molar-refractivity contribution in [1.82, 2.24) is 0 Å². The summed E-state index contributed by atoms with van der Waals surface area (Å²) in [6.07, 6.45) is 0.